The number of nitrogens with one attached hydrogen (secondary N) is 3. The first-order valence-electron chi connectivity index (χ1n) is 8.88. The maximum absolute atomic E-state index is 12.6. The standard InChI is InChI=1S/C18H29N3O4S.ClH/c1-14(2)21-26(23,24)16-6-4-5-15(11-16)17(22)20-12-18(13-25-3)7-9-19-10-8-18;/h4-6,11,14,19,21H,7-10,12-13H2,1-3H3,(H,20,22);1H. The number of carbonyl (C=O) groups is 1. The van der Waals surface area contributed by atoms with E-state index in [-0.39, 0.29) is 34.7 Å². The van der Waals surface area contributed by atoms with E-state index in [1.165, 1.54) is 12.1 Å². The molecule has 0 saturated carbocycles. The molecule has 1 aliphatic rings. The van der Waals surface area contributed by atoms with Gasteiger partial charge in [-0.3, -0.25) is 4.79 Å². The fraction of sp³-hybridized carbons (Fsp3) is 0.611. The molecule has 0 unspecified atom stereocenters. The van der Waals surface area contributed by atoms with E-state index in [1.807, 2.05) is 0 Å². The summed E-state index contributed by atoms with van der Waals surface area (Å²) in [6.45, 7) is 6.39. The summed E-state index contributed by atoms with van der Waals surface area (Å²) < 4.78 is 32.5. The molecule has 1 amide bonds. The van der Waals surface area contributed by atoms with Crippen LogP contribution in [0.15, 0.2) is 29.2 Å². The van der Waals surface area contributed by atoms with Gasteiger partial charge in [-0.2, -0.15) is 0 Å². The van der Waals surface area contributed by atoms with Crippen molar-refractivity contribution in [2.45, 2.75) is 37.6 Å². The molecule has 1 aliphatic heterocycles. The SMILES string of the molecule is COCC1(CNC(=O)c2cccc(S(=O)(=O)NC(C)C)c2)CCNCC1.Cl. The average Bonchev–Trinajstić information content (AvgIpc) is 2.60. The highest BCUT2D eigenvalue weighted by Crippen LogP contribution is 2.28. The van der Waals surface area contributed by atoms with Crippen molar-refractivity contribution in [2.24, 2.45) is 5.41 Å². The monoisotopic (exact) mass is 419 g/mol. The van der Waals surface area contributed by atoms with Crippen molar-refractivity contribution < 1.29 is 17.9 Å². The zero-order valence-corrected chi connectivity index (χ0v) is 17.7. The minimum Gasteiger partial charge on any atom is -0.384 e. The van der Waals surface area contributed by atoms with Gasteiger partial charge in [0.15, 0.2) is 0 Å². The molecule has 0 bridgehead atoms. The van der Waals surface area contributed by atoms with E-state index >= 15 is 0 Å². The van der Waals surface area contributed by atoms with Gasteiger partial charge in [0.2, 0.25) is 10.0 Å². The number of hydrogen-bond acceptors (Lipinski definition) is 5. The first-order valence-corrected chi connectivity index (χ1v) is 10.4. The molecule has 154 valence electrons. The molecule has 3 N–H and O–H groups in total. The van der Waals surface area contributed by atoms with Gasteiger partial charge in [-0.25, -0.2) is 13.1 Å². The molecule has 0 spiro atoms. The van der Waals surface area contributed by atoms with Crippen molar-refractivity contribution in [1.82, 2.24) is 15.4 Å². The highest BCUT2D eigenvalue weighted by Gasteiger charge is 2.32. The van der Waals surface area contributed by atoms with Crippen molar-refractivity contribution in [1.29, 1.82) is 0 Å². The van der Waals surface area contributed by atoms with Crippen LogP contribution in [-0.2, 0) is 14.8 Å². The van der Waals surface area contributed by atoms with Gasteiger partial charge in [-0.05, 0) is 58.0 Å². The van der Waals surface area contributed by atoms with Gasteiger partial charge < -0.3 is 15.4 Å². The lowest BCUT2D eigenvalue weighted by Gasteiger charge is -2.37. The fourth-order valence-corrected chi connectivity index (χ4v) is 4.48. The Balaban J connectivity index is 0.00000364. The Morgan fingerprint density at radius 1 is 1.30 bits per heavy atom. The third-order valence-electron chi connectivity index (χ3n) is 4.54. The van der Waals surface area contributed by atoms with Crippen LogP contribution in [0.1, 0.15) is 37.0 Å². The molecular formula is C18H30ClN3O4S. The van der Waals surface area contributed by atoms with Crippen LogP contribution >= 0.6 is 12.4 Å². The van der Waals surface area contributed by atoms with Gasteiger partial charge in [0, 0.05) is 30.7 Å². The summed E-state index contributed by atoms with van der Waals surface area (Å²) in [4.78, 5) is 12.6. The summed E-state index contributed by atoms with van der Waals surface area (Å²) in [6.07, 6.45) is 1.85. The number of carbonyl (C=O) groups excluding carboxylic acids is 1. The van der Waals surface area contributed by atoms with Crippen molar-refractivity contribution >= 4 is 28.3 Å². The first-order chi connectivity index (χ1) is 12.3. The summed E-state index contributed by atoms with van der Waals surface area (Å²) in [5.74, 6) is -0.277. The van der Waals surface area contributed by atoms with Gasteiger partial charge in [-0.15, -0.1) is 12.4 Å². The molecule has 1 aromatic carbocycles. The van der Waals surface area contributed by atoms with E-state index in [2.05, 4.69) is 15.4 Å². The van der Waals surface area contributed by atoms with Gasteiger partial charge in [0.1, 0.15) is 0 Å². The van der Waals surface area contributed by atoms with Crippen LogP contribution in [-0.4, -0.2) is 53.7 Å². The minimum atomic E-state index is -3.63. The van der Waals surface area contributed by atoms with E-state index in [1.54, 1.807) is 33.1 Å². The molecule has 0 radical (unpaired) electrons. The van der Waals surface area contributed by atoms with Crippen molar-refractivity contribution in [3.8, 4) is 0 Å². The Morgan fingerprint density at radius 3 is 2.56 bits per heavy atom. The molecular weight excluding hydrogens is 390 g/mol. The number of hydrogen-bond donors (Lipinski definition) is 3. The Kier molecular flexibility index (Phi) is 9.17. The molecule has 0 aromatic heterocycles. The number of amides is 1. The maximum Gasteiger partial charge on any atom is 0.251 e. The van der Waals surface area contributed by atoms with Crippen LogP contribution in [0.3, 0.4) is 0 Å². The molecule has 27 heavy (non-hydrogen) atoms. The molecule has 9 heteroatoms. The Labute approximate surface area is 168 Å². The van der Waals surface area contributed by atoms with Crippen molar-refractivity contribution in [3.05, 3.63) is 29.8 Å². The molecule has 0 atom stereocenters. The van der Waals surface area contributed by atoms with Crippen LogP contribution in [0.2, 0.25) is 0 Å². The lowest BCUT2D eigenvalue weighted by Crippen LogP contribution is -2.47. The molecule has 7 nitrogen and oxygen atoms in total. The predicted octanol–water partition coefficient (Wildman–Crippen LogP) is 1.54. The maximum atomic E-state index is 12.6. The van der Waals surface area contributed by atoms with Crippen LogP contribution in [0.25, 0.3) is 0 Å². The number of sulfonamides is 1. The first kappa shape index (κ1) is 23.8. The van der Waals surface area contributed by atoms with Crippen LogP contribution in [0, 0.1) is 5.41 Å². The summed E-state index contributed by atoms with van der Waals surface area (Å²) in [6, 6.07) is 5.88. The number of ether oxygens (including phenoxy) is 1. The zero-order valence-electron chi connectivity index (χ0n) is 16.1. The molecule has 2 rings (SSSR count). The summed E-state index contributed by atoms with van der Waals surface area (Å²) in [5, 5.41) is 6.27. The van der Waals surface area contributed by atoms with Crippen molar-refractivity contribution in [2.75, 3.05) is 33.4 Å². The number of methoxy groups -OCH3 is 1. The van der Waals surface area contributed by atoms with E-state index in [9.17, 15) is 13.2 Å². The van der Waals surface area contributed by atoms with E-state index in [4.69, 9.17) is 4.74 Å². The minimum absolute atomic E-state index is 0. The molecule has 0 aliphatic carbocycles. The predicted molar refractivity (Wildman–Crippen MR) is 108 cm³/mol. The average molecular weight is 420 g/mol. The van der Waals surface area contributed by atoms with Gasteiger partial charge in [0.05, 0.1) is 11.5 Å². The topological polar surface area (TPSA) is 96.5 Å². The smallest absolute Gasteiger partial charge is 0.251 e. The van der Waals surface area contributed by atoms with Gasteiger partial charge in [0.25, 0.3) is 5.91 Å². The molecule has 1 aromatic rings. The lowest BCUT2D eigenvalue weighted by atomic mass is 9.79. The zero-order chi connectivity index (χ0) is 19.2. The number of rotatable bonds is 8. The second-order valence-corrected chi connectivity index (χ2v) is 8.88. The van der Waals surface area contributed by atoms with E-state index in [0.29, 0.717) is 18.7 Å². The second kappa shape index (κ2) is 10.4. The Morgan fingerprint density at radius 2 is 1.96 bits per heavy atom. The number of benzene rings is 1. The van der Waals surface area contributed by atoms with E-state index < -0.39 is 10.0 Å². The Bertz CT molecular complexity index is 714. The molecule has 1 fully saturated rings. The highest BCUT2D eigenvalue weighted by molar-refractivity contribution is 7.89. The van der Waals surface area contributed by atoms with Crippen LogP contribution in [0.5, 0.6) is 0 Å². The number of piperidine rings is 1. The largest absolute Gasteiger partial charge is 0.384 e. The van der Waals surface area contributed by atoms with Crippen molar-refractivity contribution in [3.63, 3.8) is 0 Å². The van der Waals surface area contributed by atoms with E-state index in [0.717, 1.165) is 25.9 Å². The van der Waals surface area contributed by atoms with Gasteiger partial charge >= 0.3 is 0 Å². The summed E-state index contributed by atoms with van der Waals surface area (Å²) >= 11 is 0. The number of halogens is 1. The normalized spacial score (nSPS) is 16.6. The quantitative estimate of drug-likeness (QED) is 0.594. The molecule has 1 heterocycles. The fourth-order valence-electron chi connectivity index (χ4n) is 3.19. The summed E-state index contributed by atoms with van der Waals surface area (Å²) in [5.41, 5.74) is 0.247. The summed E-state index contributed by atoms with van der Waals surface area (Å²) in [7, 11) is -1.96. The molecule has 1 saturated heterocycles. The van der Waals surface area contributed by atoms with Crippen LogP contribution in [0.4, 0.5) is 0 Å². The highest BCUT2D eigenvalue weighted by atomic mass is 35.5. The third-order valence-corrected chi connectivity index (χ3v) is 6.19. The Hall–Kier alpha value is -1.19. The third kappa shape index (κ3) is 6.73. The van der Waals surface area contributed by atoms with Gasteiger partial charge in [-0.1, -0.05) is 6.07 Å². The lowest BCUT2D eigenvalue weighted by molar-refractivity contribution is 0.0511. The van der Waals surface area contributed by atoms with Crippen LogP contribution < -0.4 is 15.4 Å². The second-order valence-electron chi connectivity index (χ2n) is 7.17.